The fourth-order valence-corrected chi connectivity index (χ4v) is 9.14. The summed E-state index contributed by atoms with van der Waals surface area (Å²) in [6, 6.07) is 0. The van der Waals surface area contributed by atoms with Crippen molar-refractivity contribution in [3.8, 4) is 0 Å². The number of esters is 3. The molecule has 0 aliphatic carbocycles. The molecule has 0 saturated heterocycles. The number of rotatable bonds is 60. The van der Waals surface area contributed by atoms with E-state index in [0.29, 0.717) is 19.3 Å². The SMILES string of the molecule is CC/C=C\C/C=C\C/C=C\C/C=C\C/C=C\CCCCCCCCCCCC(=O)OCC(COC(=O)CCCCCC/C=C\C/C=C\C/C=C\C/C=C\CC)OC(=O)CCCCCCCCCCC/C=C\C/C=C\CCCCCCC. The molecule has 0 fully saturated rings. The molecule has 0 heterocycles. The molecule has 0 aromatic carbocycles. The summed E-state index contributed by atoms with van der Waals surface area (Å²) in [5, 5.41) is 0. The van der Waals surface area contributed by atoms with Crippen LogP contribution in [0.3, 0.4) is 0 Å². The molecular formula is C75H124O6. The molecule has 0 bridgehead atoms. The predicted octanol–water partition coefficient (Wildman–Crippen LogP) is 23.3. The van der Waals surface area contributed by atoms with Crippen LogP contribution in [0.5, 0.6) is 0 Å². The molecule has 0 radical (unpaired) electrons. The third-order valence-electron chi connectivity index (χ3n) is 14.1. The molecule has 460 valence electrons. The zero-order chi connectivity index (χ0) is 58.5. The molecule has 0 aromatic heterocycles. The van der Waals surface area contributed by atoms with Crippen molar-refractivity contribution in [2.24, 2.45) is 0 Å². The Morgan fingerprint density at radius 3 is 0.753 bits per heavy atom. The van der Waals surface area contributed by atoms with Crippen LogP contribution in [-0.2, 0) is 28.6 Å². The lowest BCUT2D eigenvalue weighted by atomic mass is 10.1. The minimum atomic E-state index is -0.800. The Labute approximate surface area is 500 Å². The van der Waals surface area contributed by atoms with Gasteiger partial charge >= 0.3 is 17.9 Å². The van der Waals surface area contributed by atoms with Gasteiger partial charge in [0.15, 0.2) is 6.10 Å². The van der Waals surface area contributed by atoms with Crippen molar-refractivity contribution >= 4 is 17.9 Å². The van der Waals surface area contributed by atoms with Gasteiger partial charge in [-0.3, -0.25) is 14.4 Å². The Balaban J connectivity index is 4.43. The summed E-state index contributed by atoms with van der Waals surface area (Å²) in [7, 11) is 0. The van der Waals surface area contributed by atoms with Crippen LogP contribution in [0.4, 0.5) is 0 Å². The second-order valence-corrected chi connectivity index (χ2v) is 22.0. The van der Waals surface area contributed by atoms with Crippen molar-refractivity contribution in [1.29, 1.82) is 0 Å². The van der Waals surface area contributed by atoms with Gasteiger partial charge < -0.3 is 14.2 Å². The van der Waals surface area contributed by atoms with Crippen molar-refractivity contribution in [2.75, 3.05) is 13.2 Å². The first kappa shape index (κ1) is 76.5. The van der Waals surface area contributed by atoms with E-state index in [-0.39, 0.29) is 31.1 Å². The summed E-state index contributed by atoms with van der Waals surface area (Å²) in [4.78, 5) is 38.4. The van der Waals surface area contributed by atoms with Gasteiger partial charge in [0.25, 0.3) is 0 Å². The highest BCUT2D eigenvalue weighted by Crippen LogP contribution is 2.16. The first-order valence-electron chi connectivity index (χ1n) is 33.7. The molecule has 0 rings (SSSR count). The van der Waals surface area contributed by atoms with Crippen molar-refractivity contribution in [3.05, 3.63) is 134 Å². The molecule has 0 aliphatic rings. The van der Waals surface area contributed by atoms with Gasteiger partial charge in [-0.05, 0) is 135 Å². The van der Waals surface area contributed by atoms with Crippen molar-refractivity contribution in [3.63, 3.8) is 0 Å². The van der Waals surface area contributed by atoms with Gasteiger partial charge in [0.2, 0.25) is 0 Å². The zero-order valence-corrected chi connectivity index (χ0v) is 52.8. The summed E-state index contributed by atoms with van der Waals surface area (Å²) < 4.78 is 17.0. The smallest absolute Gasteiger partial charge is 0.306 e. The molecule has 0 amide bonds. The molecule has 6 nitrogen and oxygen atoms in total. The summed E-state index contributed by atoms with van der Waals surface area (Å²) >= 11 is 0. The van der Waals surface area contributed by atoms with Crippen molar-refractivity contribution in [2.45, 2.75) is 309 Å². The summed E-state index contributed by atoms with van der Waals surface area (Å²) in [5.74, 6) is -0.922. The average molecular weight is 1120 g/mol. The van der Waals surface area contributed by atoms with Gasteiger partial charge in [0, 0.05) is 19.3 Å². The highest BCUT2D eigenvalue weighted by molar-refractivity contribution is 5.71. The van der Waals surface area contributed by atoms with E-state index in [1.54, 1.807) is 0 Å². The van der Waals surface area contributed by atoms with E-state index in [1.807, 2.05) is 0 Å². The van der Waals surface area contributed by atoms with E-state index in [4.69, 9.17) is 14.2 Å². The molecular weight excluding hydrogens is 997 g/mol. The van der Waals surface area contributed by atoms with E-state index in [2.05, 4.69) is 154 Å². The Morgan fingerprint density at radius 1 is 0.259 bits per heavy atom. The minimum Gasteiger partial charge on any atom is -0.462 e. The number of ether oxygens (including phenoxy) is 3. The summed E-state index contributed by atoms with van der Waals surface area (Å²) in [6.45, 7) is 6.39. The number of hydrogen-bond donors (Lipinski definition) is 0. The lowest BCUT2D eigenvalue weighted by Gasteiger charge is -2.18. The van der Waals surface area contributed by atoms with Crippen LogP contribution in [0.1, 0.15) is 303 Å². The lowest BCUT2D eigenvalue weighted by Crippen LogP contribution is -2.30. The van der Waals surface area contributed by atoms with Crippen LogP contribution in [0, 0.1) is 0 Å². The topological polar surface area (TPSA) is 78.9 Å². The first-order chi connectivity index (χ1) is 40.0. The molecule has 0 N–H and O–H groups in total. The van der Waals surface area contributed by atoms with Crippen LogP contribution >= 0.6 is 0 Å². The predicted molar refractivity (Wildman–Crippen MR) is 353 cm³/mol. The molecule has 0 spiro atoms. The van der Waals surface area contributed by atoms with E-state index >= 15 is 0 Å². The largest absolute Gasteiger partial charge is 0.462 e. The standard InChI is InChI=1S/C75H124O6/c1-4-7-10-13-16-19-22-25-28-31-33-35-36-37-38-40-41-44-47-50-53-56-59-62-65-68-74(77)80-71-72(70-79-73(76)67-64-61-58-55-52-49-46-43-30-27-24-21-18-15-12-9-6-3)81-75(78)69-66-63-60-57-54-51-48-45-42-39-34-32-29-26-23-20-17-14-11-8-5-2/h7,9-10,12,16,18-19,21,23,25-28,30,32-35,37-38,46,49,72H,4-6,8,11,13-15,17,20,22,24,29,31,36,39-45,47-48,50-71H2,1-3H3/b10-7-,12-9-,19-16-,21-18-,26-23-,28-25-,30-27-,34-32-,35-33-,38-37-,49-46-. The molecule has 6 heteroatoms. The molecule has 81 heavy (non-hydrogen) atoms. The maximum Gasteiger partial charge on any atom is 0.306 e. The van der Waals surface area contributed by atoms with E-state index in [0.717, 1.165) is 141 Å². The number of allylic oxidation sites excluding steroid dienone is 22. The monoisotopic (exact) mass is 1120 g/mol. The normalized spacial score (nSPS) is 13.0. The van der Waals surface area contributed by atoms with Crippen molar-refractivity contribution in [1.82, 2.24) is 0 Å². The highest BCUT2D eigenvalue weighted by Gasteiger charge is 2.19. The van der Waals surface area contributed by atoms with Crippen LogP contribution in [0.15, 0.2) is 134 Å². The summed E-state index contributed by atoms with van der Waals surface area (Å²) in [5.41, 5.74) is 0. The minimum absolute atomic E-state index is 0.0941. The maximum absolute atomic E-state index is 13.0. The number of unbranched alkanes of at least 4 members (excludes halogenated alkanes) is 27. The maximum atomic E-state index is 13.0. The Hall–Kier alpha value is -4.45. The van der Waals surface area contributed by atoms with Crippen LogP contribution in [0.2, 0.25) is 0 Å². The number of carbonyl (C=O) groups excluding carboxylic acids is 3. The summed E-state index contributed by atoms with van der Waals surface area (Å²) in [6.07, 6.45) is 96.0. The zero-order valence-electron chi connectivity index (χ0n) is 52.8. The fourth-order valence-electron chi connectivity index (χ4n) is 9.14. The highest BCUT2D eigenvalue weighted by atomic mass is 16.6. The first-order valence-corrected chi connectivity index (χ1v) is 33.7. The van der Waals surface area contributed by atoms with E-state index in [9.17, 15) is 14.4 Å². The van der Waals surface area contributed by atoms with Crippen LogP contribution in [0.25, 0.3) is 0 Å². The van der Waals surface area contributed by atoms with Crippen molar-refractivity contribution < 1.29 is 28.6 Å². The Morgan fingerprint density at radius 2 is 0.481 bits per heavy atom. The van der Waals surface area contributed by atoms with Gasteiger partial charge in [0.1, 0.15) is 13.2 Å². The van der Waals surface area contributed by atoms with Gasteiger partial charge in [0.05, 0.1) is 0 Å². The third-order valence-corrected chi connectivity index (χ3v) is 14.1. The number of hydrogen-bond acceptors (Lipinski definition) is 6. The van der Waals surface area contributed by atoms with Gasteiger partial charge in [-0.1, -0.05) is 283 Å². The van der Waals surface area contributed by atoms with E-state index in [1.165, 1.54) is 122 Å². The molecule has 0 aromatic rings. The second kappa shape index (κ2) is 68.1. The van der Waals surface area contributed by atoms with Gasteiger partial charge in [-0.2, -0.15) is 0 Å². The molecule has 1 unspecified atom stereocenters. The molecule has 0 aliphatic heterocycles. The fraction of sp³-hybridized carbons (Fsp3) is 0.667. The molecule has 1 atom stereocenters. The quantitative estimate of drug-likeness (QED) is 0.0261. The Kier molecular flexibility index (Phi) is 64.3. The van der Waals surface area contributed by atoms with Gasteiger partial charge in [-0.15, -0.1) is 0 Å². The van der Waals surface area contributed by atoms with E-state index < -0.39 is 6.10 Å². The average Bonchev–Trinajstić information content (AvgIpc) is 3.47. The third kappa shape index (κ3) is 66.2. The second-order valence-electron chi connectivity index (χ2n) is 22.0. The lowest BCUT2D eigenvalue weighted by molar-refractivity contribution is -0.167. The molecule has 0 saturated carbocycles. The Bertz CT molecular complexity index is 1720. The van der Waals surface area contributed by atoms with Gasteiger partial charge in [-0.25, -0.2) is 0 Å². The van der Waals surface area contributed by atoms with Crippen LogP contribution in [-0.4, -0.2) is 37.2 Å². The number of carbonyl (C=O) groups is 3. The van der Waals surface area contributed by atoms with Crippen LogP contribution < -0.4 is 0 Å².